The average molecular weight is 840 g/mol. The Morgan fingerprint density at radius 1 is 1.05 bits per heavy atom. The number of aliphatic hydroxyl groups excluding tert-OH is 1. The van der Waals surface area contributed by atoms with Crippen molar-refractivity contribution in [3.05, 3.63) is 37.1 Å². The summed E-state index contributed by atoms with van der Waals surface area (Å²) >= 11 is 0. The van der Waals surface area contributed by atoms with Gasteiger partial charge in [-0.05, 0) is 86.0 Å². The molecule has 3 saturated heterocycles. The van der Waals surface area contributed by atoms with Gasteiger partial charge in [-0.25, -0.2) is 9.78 Å². The molecule has 2 aromatic heterocycles. The number of carbonyl (C=O) groups is 5. The van der Waals surface area contributed by atoms with Crippen molar-refractivity contribution in [2.45, 2.75) is 148 Å². The number of ether oxygens (including phenoxy) is 5. The van der Waals surface area contributed by atoms with Gasteiger partial charge in [0, 0.05) is 68.1 Å². The quantitative estimate of drug-likeness (QED) is 0.179. The fourth-order valence-corrected chi connectivity index (χ4v) is 9.56. The summed E-state index contributed by atoms with van der Waals surface area (Å²) in [5.74, 6) is -6.45. The summed E-state index contributed by atoms with van der Waals surface area (Å²) in [7, 11) is 5.17. The lowest BCUT2D eigenvalue weighted by molar-refractivity contribution is -0.295. The summed E-state index contributed by atoms with van der Waals surface area (Å²) in [6.07, 6.45) is 3.07. The Hall–Kier alpha value is -4.09. The first-order valence-corrected chi connectivity index (χ1v) is 21.2. The molecule has 3 aliphatic rings. The molecule has 5 rings (SSSR count). The second-order valence-corrected chi connectivity index (χ2v) is 17.5. The van der Waals surface area contributed by atoms with Crippen LogP contribution >= 0.6 is 0 Å². The van der Waals surface area contributed by atoms with Crippen LogP contribution in [0.3, 0.4) is 0 Å². The van der Waals surface area contributed by atoms with Crippen LogP contribution in [0.15, 0.2) is 37.1 Å². The molecule has 2 aromatic rings. The average Bonchev–Trinajstić information content (AvgIpc) is 3.82. The molecule has 0 saturated carbocycles. The Kier molecular flexibility index (Phi) is 15.1. The van der Waals surface area contributed by atoms with Gasteiger partial charge in [0.05, 0.1) is 35.9 Å². The van der Waals surface area contributed by atoms with E-state index < -0.39 is 89.1 Å². The molecule has 16 nitrogen and oxygen atoms in total. The van der Waals surface area contributed by atoms with Crippen LogP contribution in [-0.2, 0) is 49.4 Å². The van der Waals surface area contributed by atoms with Crippen molar-refractivity contribution in [3.8, 4) is 11.3 Å². The second kappa shape index (κ2) is 19.3. The highest BCUT2D eigenvalue weighted by Gasteiger charge is 2.65. The predicted molar refractivity (Wildman–Crippen MR) is 219 cm³/mol. The van der Waals surface area contributed by atoms with Gasteiger partial charge in [-0.3, -0.25) is 29.1 Å². The summed E-state index contributed by atoms with van der Waals surface area (Å²) in [6.45, 7) is 13.8. The van der Waals surface area contributed by atoms with Crippen molar-refractivity contribution in [3.63, 3.8) is 0 Å². The smallest absolute Gasteiger partial charge is 0.411 e. The molecule has 5 heterocycles. The van der Waals surface area contributed by atoms with Crippen LogP contribution in [-0.4, -0.2) is 141 Å². The highest BCUT2D eigenvalue weighted by Crippen LogP contribution is 2.44. The number of nitrogens with zero attached hydrogens (tertiary/aromatic N) is 5. The lowest BCUT2D eigenvalue weighted by Crippen LogP contribution is -2.63. The van der Waals surface area contributed by atoms with Crippen molar-refractivity contribution in [1.82, 2.24) is 24.3 Å². The van der Waals surface area contributed by atoms with Gasteiger partial charge in [-0.15, -0.1) is 0 Å². The molecule has 3 aliphatic heterocycles. The Labute approximate surface area is 353 Å². The van der Waals surface area contributed by atoms with E-state index in [1.165, 1.54) is 25.9 Å². The third-order valence-electron chi connectivity index (χ3n) is 13.0. The fraction of sp³-hybridized carbons (Fsp3) is 0.705. The normalized spacial score (nSPS) is 35.8. The molecule has 13 atom stereocenters. The number of cyclic esters (lactones) is 1. The zero-order valence-corrected chi connectivity index (χ0v) is 37.0. The summed E-state index contributed by atoms with van der Waals surface area (Å²) < 4.78 is 33.0. The summed E-state index contributed by atoms with van der Waals surface area (Å²) in [6, 6.07) is 2.31. The molecular weight excluding hydrogens is 775 g/mol. The first-order valence-electron chi connectivity index (χ1n) is 21.2. The van der Waals surface area contributed by atoms with Gasteiger partial charge in [0.25, 0.3) is 0 Å². The molecule has 0 bridgehead atoms. The number of fused-ring (bicyclic) bond motifs is 1. The van der Waals surface area contributed by atoms with Crippen LogP contribution in [0.2, 0.25) is 0 Å². The number of amides is 1. The summed E-state index contributed by atoms with van der Waals surface area (Å²) in [4.78, 5) is 83.3. The van der Waals surface area contributed by atoms with Gasteiger partial charge in [0.15, 0.2) is 24.0 Å². The minimum Gasteiger partial charge on any atom is -0.457 e. The maximum atomic E-state index is 14.8. The van der Waals surface area contributed by atoms with Crippen LogP contribution in [0.5, 0.6) is 0 Å². The van der Waals surface area contributed by atoms with E-state index in [4.69, 9.17) is 23.7 Å². The highest BCUT2D eigenvalue weighted by atomic mass is 16.7. The third kappa shape index (κ3) is 9.37. The lowest BCUT2D eigenvalue weighted by Gasteiger charge is -2.47. The lowest BCUT2D eigenvalue weighted by atomic mass is 9.71. The number of aryl methyl sites for hydroxylation is 1. The van der Waals surface area contributed by atoms with Crippen molar-refractivity contribution in [1.29, 1.82) is 0 Å². The van der Waals surface area contributed by atoms with Gasteiger partial charge < -0.3 is 38.3 Å². The molecule has 332 valence electrons. The molecule has 0 spiro atoms. The number of aromatic nitrogens is 3. The third-order valence-corrected chi connectivity index (χ3v) is 13.0. The zero-order valence-electron chi connectivity index (χ0n) is 37.0. The van der Waals surface area contributed by atoms with E-state index in [-0.39, 0.29) is 37.3 Å². The fourth-order valence-electron chi connectivity index (χ4n) is 9.56. The SMILES string of the molecule is CC[C@H]1OC(=O)[C@H](C)C(=O)[C@H](C)[C@@H](OC2O[C@H](C)C[C@H](N(C)C)[C@H]2O)[C@](C)(OC)C[C@@H](C)C(=O)[C@H](C)[C@H]2N(CCCCn3cnc(-c4cccnc4)c3)C(=O)O[C@]12C(C)=O. The van der Waals surface area contributed by atoms with Crippen molar-refractivity contribution >= 4 is 29.4 Å². The van der Waals surface area contributed by atoms with Crippen LogP contribution in [0.1, 0.15) is 87.5 Å². The maximum Gasteiger partial charge on any atom is 0.411 e. The monoisotopic (exact) mass is 839 g/mol. The van der Waals surface area contributed by atoms with Gasteiger partial charge in [-0.1, -0.05) is 27.7 Å². The van der Waals surface area contributed by atoms with Gasteiger partial charge >= 0.3 is 12.1 Å². The van der Waals surface area contributed by atoms with Crippen molar-refractivity contribution in [2.75, 3.05) is 27.7 Å². The number of ketones is 3. The van der Waals surface area contributed by atoms with Crippen LogP contribution in [0.25, 0.3) is 11.3 Å². The van der Waals surface area contributed by atoms with E-state index in [0.717, 1.165) is 11.3 Å². The molecule has 0 aliphatic carbocycles. The Bertz CT molecular complexity index is 1840. The number of hydrogen-bond donors (Lipinski definition) is 1. The Balaban J connectivity index is 1.48. The molecule has 60 heavy (non-hydrogen) atoms. The summed E-state index contributed by atoms with van der Waals surface area (Å²) in [5.41, 5.74) is -1.72. The van der Waals surface area contributed by atoms with Crippen LogP contribution in [0, 0.1) is 23.7 Å². The van der Waals surface area contributed by atoms with E-state index >= 15 is 0 Å². The van der Waals surface area contributed by atoms with E-state index in [0.29, 0.717) is 25.8 Å². The minimum atomic E-state index is -2.04. The molecule has 16 heteroatoms. The van der Waals surface area contributed by atoms with Crippen LogP contribution < -0.4 is 0 Å². The van der Waals surface area contributed by atoms with Crippen molar-refractivity contribution in [2.24, 2.45) is 23.7 Å². The number of aliphatic hydroxyl groups is 1. The van der Waals surface area contributed by atoms with Crippen molar-refractivity contribution < 1.29 is 52.8 Å². The van der Waals surface area contributed by atoms with E-state index in [2.05, 4.69) is 9.97 Å². The van der Waals surface area contributed by atoms with Gasteiger partial charge in [0.2, 0.25) is 5.60 Å². The number of carbonyl (C=O) groups excluding carboxylic acids is 5. The zero-order chi connectivity index (χ0) is 44.3. The number of likely N-dealkylation sites (N-methyl/N-ethyl adjacent to an activating group) is 1. The number of methoxy groups -OCH3 is 1. The predicted octanol–water partition coefficient (Wildman–Crippen LogP) is 4.50. The number of Topliss-reactive ketones (excluding diaryl/α,β-unsaturated/α-hetero) is 3. The van der Waals surface area contributed by atoms with Crippen LogP contribution in [0.4, 0.5) is 4.79 Å². The number of pyridine rings is 1. The molecule has 1 N–H and O–H groups in total. The number of esters is 1. The number of imidazole rings is 1. The molecular formula is C44H65N5O11. The van der Waals surface area contributed by atoms with Gasteiger partial charge in [-0.2, -0.15) is 0 Å². The Morgan fingerprint density at radius 2 is 1.75 bits per heavy atom. The number of rotatable bonds is 12. The number of hydrogen-bond acceptors (Lipinski definition) is 14. The molecule has 0 radical (unpaired) electrons. The molecule has 3 fully saturated rings. The minimum absolute atomic E-state index is 0.0427. The summed E-state index contributed by atoms with van der Waals surface area (Å²) in [5, 5.41) is 11.5. The van der Waals surface area contributed by atoms with E-state index in [1.807, 2.05) is 48.8 Å². The Morgan fingerprint density at radius 3 is 2.37 bits per heavy atom. The standard InChI is InChI=1S/C44H65N5O11/c1-12-34-44(30(7)50)38(49(42(55)60-44)19-14-13-18-48-23-32(46-24-48)31-16-15-17-45-22-31)27(4)35(51)25(2)21-43(8,56-11)39(28(5)36(52)29(6)40(54)58-34)59-41-37(53)33(47(9)10)20-26(3)57-41/h15-17,22-29,33-34,37-39,41,53H,12-14,18-21H2,1-11H3/t25-,26-,27+,28+,29-,33+,34-,37-,38-,39-,41?,43-,44-/m1/s1. The number of unbranched alkanes of at least 4 members (excludes halogenated alkanes) is 1. The largest absolute Gasteiger partial charge is 0.457 e. The first-order chi connectivity index (χ1) is 28.3. The van der Waals surface area contributed by atoms with E-state index in [1.54, 1.807) is 53.3 Å². The first kappa shape index (κ1) is 47.0. The molecule has 1 unspecified atom stereocenters. The maximum absolute atomic E-state index is 14.8. The molecule has 0 aromatic carbocycles. The second-order valence-electron chi connectivity index (χ2n) is 17.5. The van der Waals surface area contributed by atoms with Gasteiger partial charge in [0.1, 0.15) is 17.8 Å². The topological polar surface area (TPSA) is 189 Å². The molecule has 1 amide bonds. The highest BCUT2D eigenvalue weighted by molar-refractivity contribution is 6.00. The van der Waals surface area contributed by atoms with E-state index in [9.17, 15) is 29.1 Å².